The van der Waals surface area contributed by atoms with Gasteiger partial charge in [0.15, 0.2) is 0 Å². The molecule has 2 fully saturated rings. The smallest absolute Gasteiger partial charge is 0.0467 e. The summed E-state index contributed by atoms with van der Waals surface area (Å²) in [6, 6.07) is 68.1. The summed E-state index contributed by atoms with van der Waals surface area (Å²) in [4.78, 5) is 2.45. The number of nitrogens with zero attached hydrogens (tertiary/aromatic N) is 1. The number of rotatable bonds is 7. The summed E-state index contributed by atoms with van der Waals surface area (Å²) in [5.74, 6) is 2.62. The predicted molar refractivity (Wildman–Crippen MR) is 241 cm³/mol. The third kappa shape index (κ3) is 5.75. The van der Waals surface area contributed by atoms with Crippen LogP contribution in [0.15, 0.2) is 182 Å². The monoisotopic (exact) mass is 733 g/mol. The molecule has 2 bridgehead atoms. The SMILES string of the molecule is CC1(C)c2ccccc2-c2ccc(N(c3ccc(-c4ccc(C5CC6CCC5C6)cc4)cc3)c3cccc(-c4cccc5cccc(-c6ccccc6)c45)c3)cc21. The highest BCUT2D eigenvalue weighted by Gasteiger charge is 2.40. The standard InChI is InChI=1S/C56H47N/c1-56(2)53-20-7-6-17-50(53)51-32-31-47(36-54(51)56)57(45-29-27-39(28-30-45)38-23-25-41(26-24-38)52-34-37-21-22-44(52)33-37)46-16-8-15-43(35-46)49-19-10-14-42-13-9-18-48(55(42)49)40-11-4-3-5-12-40/h3-20,23-32,35-37,44,52H,21-22,33-34H2,1-2H3. The van der Waals surface area contributed by atoms with Gasteiger partial charge in [0, 0.05) is 22.5 Å². The summed E-state index contributed by atoms with van der Waals surface area (Å²) in [5, 5.41) is 2.53. The van der Waals surface area contributed by atoms with Crippen molar-refractivity contribution in [3.8, 4) is 44.5 Å². The highest BCUT2D eigenvalue weighted by Crippen LogP contribution is 2.53. The van der Waals surface area contributed by atoms with Crippen molar-refractivity contribution in [2.45, 2.75) is 50.9 Å². The van der Waals surface area contributed by atoms with Crippen LogP contribution in [0.25, 0.3) is 55.3 Å². The average Bonchev–Trinajstić information content (AvgIpc) is 3.97. The number of fused-ring (bicyclic) bond motifs is 6. The highest BCUT2D eigenvalue weighted by atomic mass is 15.1. The maximum absolute atomic E-state index is 2.45. The van der Waals surface area contributed by atoms with E-state index in [0.29, 0.717) is 0 Å². The second-order valence-electron chi connectivity index (χ2n) is 17.3. The Kier molecular flexibility index (Phi) is 8.07. The Morgan fingerprint density at radius 1 is 0.439 bits per heavy atom. The van der Waals surface area contributed by atoms with Gasteiger partial charge < -0.3 is 4.90 Å². The zero-order valence-electron chi connectivity index (χ0n) is 32.8. The summed E-state index contributed by atoms with van der Waals surface area (Å²) in [6.07, 6.45) is 5.69. The van der Waals surface area contributed by atoms with E-state index < -0.39 is 0 Å². The van der Waals surface area contributed by atoms with Gasteiger partial charge in [-0.15, -0.1) is 0 Å². The van der Waals surface area contributed by atoms with Gasteiger partial charge in [0.05, 0.1) is 0 Å². The number of benzene rings is 8. The fraction of sp³-hybridized carbons (Fsp3) is 0.179. The molecule has 57 heavy (non-hydrogen) atoms. The first-order chi connectivity index (χ1) is 28.0. The molecule has 2 saturated carbocycles. The fourth-order valence-corrected chi connectivity index (χ4v) is 10.9. The Morgan fingerprint density at radius 3 is 1.79 bits per heavy atom. The van der Waals surface area contributed by atoms with E-state index in [1.807, 2.05) is 0 Å². The topological polar surface area (TPSA) is 3.24 Å². The van der Waals surface area contributed by atoms with Gasteiger partial charge in [-0.2, -0.15) is 0 Å². The van der Waals surface area contributed by atoms with E-state index in [9.17, 15) is 0 Å². The van der Waals surface area contributed by atoms with Crippen molar-refractivity contribution >= 4 is 27.8 Å². The second-order valence-corrected chi connectivity index (χ2v) is 17.3. The van der Waals surface area contributed by atoms with Crippen LogP contribution in [0.5, 0.6) is 0 Å². The predicted octanol–water partition coefficient (Wildman–Crippen LogP) is 15.5. The van der Waals surface area contributed by atoms with Gasteiger partial charge in [-0.1, -0.05) is 166 Å². The second kappa shape index (κ2) is 13.5. The van der Waals surface area contributed by atoms with Crippen LogP contribution in [0.4, 0.5) is 17.1 Å². The molecule has 1 heteroatoms. The van der Waals surface area contributed by atoms with Gasteiger partial charge in [0.1, 0.15) is 0 Å². The molecular weight excluding hydrogens is 687 g/mol. The van der Waals surface area contributed by atoms with Gasteiger partial charge in [0.2, 0.25) is 0 Å². The molecule has 0 saturated heterocycles. The molecule has 0 spiro atoms. The molecule has 0 aliphatic heterocycles. The van der Waals surface area contributed by atoms with Crippen LogP contribution < -0.4 is 4.90 Å². The Morgan fingerprint density at radius 2 is 1.05 bits per heavy atom. The van der Waals surface area contributed by atoms with Gasteiger partial charge in [-0.25, -0.2) is 0 Å². The maximum atomic E-state index is 2.45. The molecule has 0 N–H and O–H groups in total. The minimum Gasteiger partial charge on any atom is -0.310 e. The number of anilines is 3. The van der Waals surface area contributed by atoms with Gasteiger partial charge in [-0.3, -0.25) is 0 Å². The Balaban J connectivity index is 1.01. The maximum Gasteiger partial charge on any atom is 0.0467 e. The quantitative estimate of drug-likeness (QED) is 0.158. The molecule has 0 amide bonds. The molecule has 0 radical (unpaired) electrons. The summed E-state index contributed by atoms with van der Waals surface area (Å²) in [7, 11) is 0. The minimum atomic E-state index is -0.0969. The molecule has 0 heterocycles. The van der Waals surface area contributed by atoms with E-state index in [1.165, 1.54) is 97.7 Å². The zero-order chi connectivity index (χ0) is 38.1. The van der Waals surface area contributed by atoms with Crippen molar-refractivity contribution in [3.05, 3.63) is 199 Å². The first-order valence-corrected chi connectivity index (χ1v) is 20.9. The molecule has 3 aliphatic rings. The highest BCUT2D eigenvalue weighted by molar-refractivity contribution is 6.06. The molecule has 8 aromatic rings. The number of hydrogen-bond acceptors (Lipinski definition) is 1. The lowest BCUT2D eigenvalue weighted by atomic mass is 9.82. The van der Waals surface area contributed by atoms with Crippen LogP contribution in [-0.4, -0.2) is 0 Å². The Labute approximate surface area is 337 Å². The van der Waals surface area contributed by atoms with E-state index >= 15 is 0 Å². The van der Waals surface area contributed by atoms with Crippen molar-refractivity contribution in [3.63, 3.8) is 0 Å². The Hall–Kier alpha value is -6.18. The lowest BCUT2D eigenvalue weighted by Gasteiger charge is -2.28. The summed E-state index contributed by atoms with van der Waals surface area (Å²) in [6.45, 7) is 4.74. The van der Waals surface area contributed by atoms with Crippen molar-refractivity contribution in [1.29, 1.82) is 0 Å². The molecule has 11 rings (SSSR count). The minimum absolute atomic E-state index is 0.0969. The first kappa shape index (κ1) is 34.1. The van der Waals surface area contributed by atoms with Crippen LogP contribution in [-0.2, 0) is 5.41 Å². The summed E-state index contributed by atoms with van der Waals surface area (Å²) < 4.78 is 0. The molecule has 0 aromatic heterocycles. The third-order valence-electron chi connectivity index (χ3n) is 13.8. The molecule has 3 atom stereocenters. The van der Waals surface area contributed by atoms with E-state index in [1.54, 1.807) is 0 Å². The zero-order valence-corrected chi connectivity index (χ0v) is 32.8. The summed E-state index contributed by atoms with van der Waals surface area (Å²) in [5.41, 5.74) is 17.8. The molecule has 1 nitrogen and oxygen atoms in total. The largest absolute Gasteiger partial charge is 0.310 e. The average molecular weight is 734 g/mol. The van der Waals surface area contributed by atoms with E-state index in [-0.39, 0.29) is 5.41 Å². The summed E-state index contributed by atoms with van der Waals surface area (Å²) >= 11 is 0. The fourth-order valence-electron chi connectivity index (χ4n) is 10.9. The van der Waals surface area contributed by atoms with E-state index in [4.69, 9.17) is 0 Å². The lowest BCUT2D eigenvalue weighted by molar-refractivity contribution is 0.420. The molecule has 3 unspecified atom stereocenters. The van der Waals surface area contributed by atoms with Crippen molar-refractivity contribution in [2.75, 3.05) is 4.90 Å². The normalized spacial score (nSPS) is 18.7. The molecular formula is C56H47N. The van der Waals surface area contributed by atoms with E-state index in [2.05, 4.69) is 201 Å². The van der Waals surface area contributed by atoms with Crippen molar-refractivity contribution in [1.82, 2.24) is 0 Å². The molecule has 8 aromatic carbocycles. The van der Waals surface area contributed by atoms with Crippen molar-refractivity contribution < 1.29 is 0 Å². The van der Waals surface area contributed by atoms with Crippen LogP contribution in [0, 0.1) is 11.8 Å². The van der Waals surface area contributed by atoms with Gasteiger partial charge in [-0.05, 0) is 145 Å². The Bertz CT molecular complexity index is 2770. The first-order valence-electron chi connectivity index (χ1n) is 20.9. The molecule has 3 aliphatic carbocycles. The lowest BCUT2D eigenvalue weighted by Crippen LogP contribution is -2.16. The van der Waals surface area contributed by atoms with Gasteiger partial charge in [0.25, 0.3) is 0 Å². The van der Waals surface area contributed by atoms with Crippen LogP contribution in [0.2, 0.25) is 0 Å². The van der Waals surface area contributed by atoms with Crippen LogP contribution in [0.1, 0.15) is 62.1 Å². The van der Waals surface area contributed by atoms with Gasteiger partial charge >= 0.3 is 0 Å². The number of hydrogen-bond donors (Lipinski definition) is 0. The van der Waals surface area contributed by atoms with Crippen LogP contribution >= 0.6 is 0 Å². The van der Waals surface area contributed by atoms with Crippen LogP contribution in [0.3, 0.4) is 0 Å². The van der Waals surface area contributed by atoms with E-state index in [0.717, 1.165) is 34.8 Å². The third-order valence-corrected chi connectivity index (χ3v) is 13.8. The molecule has 276 valence electrons. The van der Waals surface area contributed by atoms with Crippen molar-refractivity contribution in [2.24, 2.45) is 11.8 Å².